The summed E-state index contributed by atoms with van der Waals surface area (Å²) >= 11 is 7.63. The Hall–Kier alpha value is -2.08. The number of likely N-dealkylation sites (N-methyl/N-ethyl adjacent to an activating group) is 1. The first-order chi connectivity index (χ1) is 16.2. The summed E-state index contributed by atoms with van der Waals surface area (Å²) in [7, 11) is 0.256. The third kappa shape index (κ3) is 5.27. The fourth-order valence-electron chi connectivity index (χ4n) is 3.70. The number of aryl methyl sites for hydroxylation is 1. The molecule has 3 aromatic rings. The molecule has 4 rings (SSSR count). The van der Waals surface area contributed by atoms with Crippen molar-refractivity contribution in [2.24, 2.45) is 0 Å². The maximum absolute atomic E-state index is 13.5. The lowest BCUT2D eigenvalue weighted by Gasteiger charge is -2.26. The van der Waals surface area contributed by atoms with Gasteiger partial charge in [-0.15, -0.1) is 0 Å². The van der Waals surface area contributed by atoms with Crippen molar-refractivity contribution >= 4 is 54.2 Å². The first-order valence-corrected chi connectivity index (χ1v) is 13.5. The molecule has 182 valence electrons. The van der Waals surface area contributed by atoms with Crippen molar-refractivity contribution in [2.45, 2.75) is 11.8 Å². The summed E-state index contributed by atoms with van der Waals surface area (Å²) in [4.78, 5) is 22.0. The summed E-state index contributed by atoms with van der Waals surface area (Å²) in [6, 6.07) is 9.81. The van der Waals surface area contributed by atoms with Gasteiger partial charge in [0.2, 0.25) is 10.0 Å². The summed E-state index contributed by atoms with van der Waals surface area (Å²) in [5.74, 6) is -0.236. The topological polar surface area (TPSA) is 83.1 Å². The molecule has 0 spiro atoms. The summed E-state index contributed by atoms with van der Waals surface area (Å²) < 4.78 is 33.4. The first-order valence-electron chi connectivity index (χ1n) is 10.9. The Balaban J connectivity index is 1.63. The smallest absolute Gasteiger partial charge is 0.260 e. The minimum atomic E-state index is -3.63. The zero-order chi connectivity index (χ0) is 24.5. The molecular weight excluding hydrogens is 496 g/mol. The highest BCUT2D eigenvalue weighted by Gasteiger charge is 2.27. The van der Waals surface area contributed by atoms with Crippen LogP contribution in [0.1, 0.15) is 15.9 Å². The molecule has 1 aromatic heterocycles. The third-order valence-corrected chi connectivity index (χ3v) is 8.75. The number of rotatable bonds is 7. The lowest BCUT2D eigenvalue weighted by atomic mass is 10.2. The maximum atomic E-state index is 13.5. The number of sulfonamides is 1. The van der Waals surface area contributed by atoms with Gasteiger partial charge in [-0.25, -0.2) is 13.4 Å². The van der Waals surface area contributed by atoms with E-state index in [1.54, 1.807) is 17.0 Å². The second kappa shape index (κ2) is 10.3. The zero-order valence-corrected chi connectivity index (χ0v) is 21.7. The fourth-order valence-corrected chi connectivity index (χ4v) is 6.56. The number of benzene rings is 2. The molecule has 8 nitrogen and oxygen atoms in total. The van der Waals surface area contributed by atoms with Crippen molar-refractivity contribution in [3.8, 4) is 0 Å². The molecule has 0 atom stereocenters. The summed E-state index contributed by atoms with van der Waals surface area (Å²) in [5.41, 5.74) is 2.16. The largest absolute Gasteiger partial charge is 0.379 e. The standard InChI is InChI=1S/C23H27ClN4O4S2/c1-16-14-18(24)15-20-21(16)25-23(33-20)28(9-8-26(2)3)22(29)17-4-6-19(7-5-17)34(30,31)27-10-12-32-13-11-27/h4-7,14-15H,8-13H2,1-3H3. The van der Waals surface area contributed by atoms with Gasteiger partial charge >= 0.3 is 0 Å². The maximum Gasteiger partial charge on any atom is 0.260 e. The van der Waals surface area contributed by atoms with E-state index < -0.39 is 10.0 Å². The highest BCUT2D eigenvalue weighted by atomic mass is 35.5. The predicted molar refractivity (Wildman–Crippen MR) is 136 cm³/mol. The number of morpholine rings is 1. The van der Waals surface area contributed by atoms with Crippen LogP contribution < -0.4 is 4.90 Å². The molecule has 0 N–H and O–H groups in total. The molecule has 1 aliphatic heterocycles. The van der Waals surface area contributed by atoms with Crippen molar-refractivity contribution in [1.29, 1.82) is 0 Å². The number of ether oxygens (including phenoxy) is 1. The van der Waals surface area contributed by atoms with Crippen LogP contribution in [0.4, 0.5) is 5.13 Å². The van der Waals surface area contributed by atoms with E-state index in [4.69, 9.17) is 21.3 Å². The molecule has 34 heavy (non-hydrogen) atoms. The quantitative estimate of drug-likeness (QED) is 0.472. The molecule has 0 unspecified atom stereocenters. The average Bonchev–Trinajstić information content (AvgIpc) is 3.23. The van der Waals surface area contributed by atoms with E-state index >= 15 is 0 Å². The van der Waals surface area contributed by atoms with Crippen LogP contribution in [-0.2, 0) is 14.8 Å². The number of thiazole rings is 1. The molecule has 1 saturated heterocycles. The van der Waals surface area contributed by atoms with Crippen LogP contribution in [-0.4, -0.2) is 82.0 Å². The van der Waals surface area contributed by atoms with Gasteiger partial charge in [-0.1, -0.05) is 22.9 Å². The Kier molecular flexibility index (Phi) is 7.56. The van der Waals surface area contributed by atoms with Gasteiger partial charge in [-0.05, 0) is 63.0 Å². The average molecular weight is 523 g/mol. The van der Waals surface area contributed by atoms with Crippen LogP contribution in [0.15, 0.2) is 41.3 Å². The molecule has 0 aliphatic carbocycles. The lowest BCUT2D eigenvalue weighted by molar-refractivity contribution is 0.0730. The third-order valence-electron chi connectivity index (χ3n) is 5.59. The van der Waals surface area contributed by atoms with E-state index in [1.165, 1.54) is 27.8 Å². The summed E-state index contributed by atoms with van der Waals surface area (Å²) in [6.45, 7) is 4.42. The number of amides is 1. The minimum Gasteiger partial charge on any atom is -0.379 e. The lowest BCUT2D eigenvalue weighted by Crippen LogP contribution is -2.40. The van der Waals surface area contributed by atoms with E-state index in [2.05, 4.69) is 0 Å². The number of halogens is 1. The Morgan fingerprint density at radius 2 is 1.82 bits per heavy atom. The van der Waals surface area contributed by atoms with Crippen LogP contribution in [0.2, 0.25) is 5.02 Å². The van der Waals surface area contributed by atoms with Crippen LogP contribution in [0.3, 0.4) is 0 Å². The van der Waals surface area contributed by atoms with Crippen molar-refractivity contribution in [1.82, 2.24) is 14.2 Å². The molecule has 0 radical (unpaired) electrons. The van der Waals surface area contributed by atoms with Crippen molar-refractivity contribution < 1.29 is 17.9 Å². The van der Waals surface area contributed by atoms with Crippen molar-refractivity contribution in [2.75, 3.05) is 58.4 Å². The predicted octanol–water partition coefficient (Wildman–Crippen LogP) is 3.49. The van der Waals surface area contributed by atoms with Gasteiger partial charge in [-0.2, -0.15) is 4.31 Å². The van der Waals surface area contributed by atoms with E-state index in [-0.39, 0.29) is 10.8 Å². The van der Waals surface area contributed by atoms with Gasteiger partial charge in [0.15, 0.2) is 5.13 Å². The highest BCUT2D eigenvalue weighted by Crippen LogP contribution is 2.33. The molecule has 11 heteroatoms. The van der Waals surface area contributed by atoms with Crippen LogP contribution in [0.5, 0.6) is 0 Å². The summed E-state index contributed by atoms with van der Waals surface area (Å²) in [5, 5.41) is 1.21. The monoisotopic (exact) mass is 522 g/mol. The number of anilines is 1. The molecule has 1 fully saturated rings. The van der Waals surface area contributed by atoms with Gasteiger partial charge in [-0.3, -0.25) is 9.69 Å². The minimum absolute atomic E-state index is 0.163. The number of carbonyl (C=O) groups excluding carboxylic acids is 1. The van der Waals surface area contributed by atoms with Crippen LogP contribution in [0, 0.1) is 6.92 Å². The van der Waals surface area contributed by atoms with Crippen LogP contribution in [0.25, 0.3) is 10.2 Å². The second-order valence-corrected chi connectivity index (χ2v) is 11.8. The molecule has 2 heterocycles. The van der Waals surface area contributed by atoms with Crippen LogP contribution >= 0.6 is 22.9 Å². The number of fused-ring (bicyclic) bond motifs is 1. The second-order valence-electron chi connectivity index (χ2n) is 8.37. The van der Waals surface area contributed by atoms with Gasteiger partial charge in [0.05, 0.1) is 28.3 Å². The van der Waals surface area contributed by atoms with E-state index in [1.807, 2.05) is 38.1 Å². The number of aromatic nitrogens is 1. The van der Waals surface area contributed by atoms with Gasteiger partial charge < -0.3 is 9.64 Å². The zero-order valence-electron chi connectivity index (χ0n) is 19.3. The van der Waals surface area contributed by atoms with Gasteiger partial charge in [0.1, 0.15) is 0 Å². The molecule has 0 saturated carbocycles. The van der Waals surface area contributed by atoms with Crippen molar-refractivity contribution in [3.63, 3.8) is 0 Å². The van der Waals surface area contributed by atoms with Crippen molar-refractivity contribution in [3.05, 3.63) is 52.5 Å². The number of hydrogen-bond acceptors (Lipinski definition) is 7. The van der Waals surface area contributed by atoms with E-state index in [0.29, 0.717) is 55.1 Å². The molecular formula is C23H27ClN4O4S2. The summed E-state index contributed by atoms with van der Waals surface area (Å²) in [6.07, 6.45) is 0. The normalized spacial score (nSPS) is 15.2. The van der Waals surface area contributed by atoms with Gasteiger partial charge in [0, 0.05) is 36.8 Å². The molecule has 0 bridgehead atoms. The fraction of sp³-hybridized carbons (Fsp3) is 0.391. The van der Waals surface area contributed by atoms with Gasteiger partial charge in [0.25, 0.3) is 5.91 Å². The molecule has 1 amide bonds. The Bertz CT molecular complexity index is 1290. The van der Waals surface area contributed by atoms with E-state index in [0.717, 1.165) is 15.8 Å². The Labute approximate surface area is 208 Å². The van der Waals surface area contributed by atoms with E-state index in [9.17, 15) is 13.2 Å². The molecule has 2 aromatic carbocycles. The Morgan fingerprint density at radius 1 is 1.15 bits per heavy atom. The SMILES string of the molecule is Cc1cc(Cl)cc2sc(N(CCN(C)C)C(=O)c3ccc(S(=O)(=O)N4CCOCC4)cc3)nc12. The number of nitrogens with zero attached hydrogens (tertiary/aromatic N) is 4. The number of hydrogen-bond donors (Lipinski definition) is 0. The number of carbonyl (C=O) groups is 1. The first kappa shape index (κ1) is 25.0. The molecule has 1 aliphatic rings. The highest BCUT2D eigenvalue weighted by molar-refractivity contribution is 7.89. The Morgan fingerprint density at radius 3 is 2.47 bits per heavy atom.